The maximum Gasteiger partial charge on any atom is 0.236 e. The molecule has 6 nitrogen and oxygen atoms in total. The lowest BCUT2D eigenvalue weighted by Gasteiger charge is -2.39. The first kappa shape index (κ1) is 14.8. The molecule has 1 aliphatic heterocycles. The van der Waals surface area contributed by atoms with E-state index in [4.69, 9.17) is 10.9 Å². The third-order valence-electron chi connectivity index (χ3n) is 4.00. The minimum absolute atomic E-state index is 0.0519. The highest BCUT2D eigenvalue weighted by Gasteiger charge is 2.41. The van der Waals surface area contributed by atoms with E-state index >= 15 is 0 Å². The smallest absolute Gasteiger partial charge is 0.236 e. The molecular formula is C12H23N3O3. The van der Waals surface area contributed by atoms with Crippen molar-refractivity contribution in [2.45, 2.75) is 39.7 Å². The number of nitrogens with two attached hydrogens (primary N) is 1. The van der Waals surface area contributed by atoms with Crippen LogP contribution in [0.5, 0.6) is 0 Å². The first-order valence-corrected chi connectivity index (χ1v) is 6.32. The normalized spacial score (nSPS) is 28.9. The number of piperidine rings is 1. The van der Waals surface area contributed by atoms with E-state index < -0.39 is 5.41 Å². The molecule has 0 saturated carbocycles. The van der Waals surface area contributed by atoms with Crippen molar-refractivity contribution in [2.24, 2.45) is 22.2 Å². The Balaban J connectivity index is 2.86. The largest absolute Gasteiger partial charge is 0.409 e. The molecule has 0 radical (unpaired) electrons. The highest BCUT2D eigenvalue weighted by Crippen LogP contribution is 2.27. The second-order valence-corrected chi connectivity index (χ2v) is 5.26. The number of carbonyl (C=O) groups excluding carboxylic acids is 1. The number of likely N-dealkylation sites (tertiary alicyclic amines) is 1. The van der Waals surface area contributed by atoms with Gasteiger partial charge in [0.2, 0.25) is 5.91 Å². The van der Waals surface area contributed by atoms with Crippen molar-refractivity contribution < 1.29 is 15.1 Å². The molecule has 4 N–H and O–H groups in total. The average molecular weight is 257 g/mol. The third-order valence-corrected chi connectivity index (χ3v) is 4.00. The van der Waals surface area contributed by atoms with Crippen molar-refractivity contribution in [1.29, 1.82) is 0 Å². The molecule has 0 bridgehead atoms. The second kappa shape index (κ2) is 5.56. The Kier molecular flexibility index (Phi) is 4.56. The molecule has 6 heteroatoms. The monoisotopic (exact) mass is 257 g/mol. The van der Waals surface area contributed by atoms with Crippen molar-refractivity contribution in [3.63, 3.8) is 0 Å². The Bertz CT molecular complexity index is 345. The van der Waals surface area contributed by atoms with Gasteiger partial charge in [-0.1, -0.05) is 19.0 Å². The van der Waals surface area contributed by atoms with Crippen LogP contribution < -0.4 is 5.73 Å². The number of carbonyl (C=O) groups is 1. The van der Waals surface area contributed by atoms with E-state index in [0.29, 0.717) is 25.9 Å². The van der Waals surface area contributed by atoms with Gasteiger partial charge in [0, 0.05) is 13.1 Å². The van der Waals surface area contributed by atoms with Gasteiger partial charge in [0.05, 0.1) is 6.10 Å². The number of amidine groups is 1. The van der Waals surface area contributed by atoms with Crippen LogP contribution in [0.3, 0.4) is 0 Å². The summed E-state index contributed by atoms with van der Waals surface area (Å²) in [6.07, 6.45) is 0.684. The number of rotatable bonds is 3. The standard InChI is InChI=1S/C12H23N3O3/c1-4-12(3,10(13)14-18)11(17)15-6-5-9(16)8(2)7-15/h8-9,16,18H,4-7H2,1-3H3,(H2,13,14). The van der Waals surface area contributed by atoms with Crippen LogP contribution in [-0.4, -0.2) is 46.1 Å². The van der Waals surface area contributed by atoms with Crippen LogP contribution in [0.2, 0.25) is 0 Å². The fraction of sp³-hybridized carbons (Fsp3) is 0.833. The first-order chi connectivity index (χ1) is 8.36. The summed E-state index contributed by atoms with van der Waals surface area (Å²) in [7, 11) is 0. The van der Waals surface area contributed by atoms with Gasteiger partial charge < -0.3 is 20.9 Å². The van der Waals surface area contributed by atoms with E-state index in [2.05, 4.69) is 5.16 Å². The summed E-state index contributed by atoms with van der Waals surface area (Å²) < 4.78 is 0. The predicted octanol–water partition coefficient (Wildman–Crippen LogP) is 0.378. The molecule has 0 aromatic heterocycles. The van der Waals surface area contributed by atoms with Crippen molar-refractivity contribution in [2.75, 3.05) is 13.1 Å². The Morgan fingerprint density at radius 3 is 2.67 bits per heavy atom. The Hall–Kier alpha value is -1.30. The van der Waals surface area contributed by atoms with Crippen molar-refractivity contribution in [3.05, 3.63) is 0 Å². The average Bonchev–Trinajstić information content (AvgIpc) is 2.39. The van der Waals surface area contributed by atoms with E-state index in [1.807, 2.05) is 13.8 Å². The summed E-state index contributed by atoms with van der Waals surface area (Å²) >= 11 is 0. The topological polar surface area (TPSA) is 99.2 Å². The number of nitrogens with zero attached hydrogens (tertiary/aromatic N) is 2. The zero-order chi connectivity index (χ0) is 13.9. The molecule has 18 heavy (non-hydrogen) atoms. The fourth-order valence-electron chi connectivity index (χ4n) is 2.22. The van der Waals surface area contributed by atoms with Crippen LogP contribution in [0.1, 0.15) is 33.6 Å². The summed E-state index contributed by atoms with van der Waals surface area (Å²) in [4.78, 5) is 14.2. The molecule has 0 spiro atoms. The Morgan fingerprint density at radius 1 is 1.61 bits per heavy atom. The van der Waals surface area contributed by atoms with Gasteiger partial charge in [0.25, 0.3) is 0 Å². The van der Waals surface area contributed by atoms with E-state index in [0.717, 1.165) is 0 Å². The maximum atomic E-state index is 12.5. The third kappa shape index (κ3) is 2.58. The maximum absolute atomic E-state index is 12.5. The SMILES string of the molecule is CCC(C)(C(=O)N1CCC(O)C(C)C1)C(N)=NO. The van der Waals surface area contributed by atoms with Crippen molar-refractivity contribution in [1.82, 2.24) is 4.90 Å². The van der Waals surface area contributed by atoms with Gasteiger partial charge in [0.1, 0.15) is 5.41 Å². The molecule has 1 rings (SSSR count). The molecule has 0 aromatic rings. The molecule has 1 saturated heterocycles. The number of amides is 1. The van der Waals surface area contributed by atoms with Crippen molar-refractivity contribution in [3.8, 4) is 0 Å². The minimum atomic E-state index is -0.975. The quantitative estimate of drug-likeness (QED) is 0.294. The highest BCUT2D eigenvalue weighted by molar-refractivity contribution is 6.06. The molecular weight excluding hydrogens is 234 g/mol. The number of hydrogen-bond acceptors (Lipinski definition) is 4. The highest BCUT2D eigenvalue weighted by atomic mass is 16.4. The molecule has 1 heterocycles. The van der Waals surface area contributed by atoms with Crippen LogP contribution in [-0.2, 0) is 4.79 Å². The summed E-state index contributed by atoms with van der Waals surface area (Å²) in [5.74, 6) is -0.149. The summed E-state index contributed by atoms with van der Waals surface area (Å²) in [5.41, 5.74) is 4.66. The second-order valence-electron chi connectivity index (χ2n) is 5.26. The van der Waals surface area contributed by atoms with E-state index in [-0.39, 0.29) is 23.8 Å². The predicted molar refractivity (Wildman–Crippen MR) is 68.2 cm³/mol. The number of aliphatic hydroxyl groups is 1. The van der Waals surface area contributed by atoms with Gasteiger partial charge in [0.15, 0.2) is 5.84 Å². The number of hydrogen-bond donors (Lipinski definition) is 3. The van der Waals surface area contributed by atoms with E-state index in [1.54, 1.807) is 11.8 Å². The molecule has 3 unspecified atom stereocenters. The van der Waals surface area contributed by atoms with Crippen molar-refractivity contribution >= 4 is 11.7 Å². The van der Waals surface area contributed by atoms with Crippen LogP contribution in [0.25, 0.3) is 0 Å². The van der Waals surface area contributed by atoms with E-state index in [9.17, 15) is 9.90 Å². The summed E-state index contributed by atoms with van der Waals surface area (Å²) in [6.45, 7) is 6.45. The van der Waals surface area contributed by atoms with Crippen LogP contribution in [0.4, 0.5) is 0 Å². The van der Waals surface area contributed by atoms with Crippen LogP contribution >= 0.6 is 0 Å². The molecule has 1 fully saturated rings. The van der Waals surface area contributed by atoms with Crippen LogP contribution in [0.15, 0.2) is 5.16 Å². The summed E-state index contributed by atoms with van der Waals surface area (Å²) in [6, 6.07) is 0. The molecule has 1 amide bonds. The first-order valence-electron chi connectivity index (χ1n) is 6.32. The summed E-state index contributed by atoms with van der Waals surface area (Å²) in [5, 5.41) is 21.4. The number of aliphatic hydroxyl groups excluding tert-OH is 1. The lowest BCUT2D eigenvalue weighted by atomic mass is 9.83. The van der Waals surface area contributed by atoms with Gasteiger partial charge in [-0.15, -0.1) is 0 Å². The Morgan fingerprint density at radius 2 is 2.22 bits per heavy atom. The molecule has 3 atom stereocenters. The molecule has 104 valence electrons. The lowest BCUT2D eigenvalue weighted by Crippen LogP contribution is -2.53. The van der Waals surface area contributed by atoms with Gasteiger partial charge in [-0.25, -0.2) is 0 Å². The lowest BCUT2D eigenvalue weighted by molar-refractivity contribution is -0.141. The molecule has 1 aliphatic rings. The van der Waals surface area contributed by atoms with Gasteiger partial charge in [-0.05, 0) is 25.7 Å². The van der Waals surface area contributed by atoms with Gasteiger partial charge in [-0.2, -0.15) is 0 Å². The van der Waals surface area contributed by atoms with Gasteiger partial charge in [-0.3, -0.25) is 4.79 Å². The van der Waals surface area contributed by atoms with Crippen LogP contribution in [0, 0.1) is 11.3 Å². The molecule has 0 aliphatic carbocycles. The number of oxime groups is 1. The molecule has 0 aromatic carbocycles. The minimum Gasteiger partial charge on any atom is -0.409 e. The zero-order valence-electron chi connectivity index (χ0n) is 11.3. The fourth-order valence-corrected chi connectivity index (χ4v) is 2.22. The Labute approximate surface area is 107 Å². The van der Waals surface area contributed by atoms with E-state index in [1.165, 1.54) is 0 Å². The zero-order valence-corrected chi connectivity index (χ0v) is 11.3. The van der Waals surface area contributed by atoms with Gasteiger partial charge >= 0.3 is 0 Å².